The molecule has 0 unspecified atom stereocenters. The second-order valence-corrected chi connectivity index (χ2v) is 4.07. The number of amides is 2. The third kappa shape index (κ3) is 5.29. The van der Waals surface area contributed by atoms with Crippen molar-refractivity contribution < 1.29 is 9.53 Å². The van der Waals surface area contributed by atoms with Gasteiger partial charge in [0.25, 0.3) is 0 Å². The molecule has 0 aliphatic carbocycles. The smallest absolute Gasteiger partial charge is 0.320 e. The fraction of sp³-hybridized carbons (Fsp3) is 0.267. The largest absolute Gasteiger partial charge is 0.473 e. The molecule has 0 saturated heterocycles. The zero-order valence-electron chi connectivity index (χ0n) is 11.3. The standard InChI is InChI=1S/C15H20N2O2/c1-4-10-17(11-5-2)15(18)16-12-19-14-8-6-13(3)7-9-14/h4-9H,1-2,10-12H2,3H3,(H,16,18). The molecule has 0 aliphatic rings. The van der Waals surface area contributed by atoms with Gasteiger partial charge in [0.05, 0.1) is 0 Å². The maximum absolute atomic E-state index is 11.8. The number of aryl methyl sites for hydroxylation is 1. The summed E-state index contributed by atoms with van der Waals surface area (Å²) in [5.41, 5.74) is 1.17. The SMILES string of the molecule is C=CCN(CC=C)C(=O)NCOc1ccc(C)cc1. The van der Waals surface area contributed by atoms with E-state index in [9.17, 15) is 4.79 Å². The summed E-state index contributed by atoms with van der Waals surface area (Å²) in [5, 5.41) is 2.68. The Morgan fingerprint density at radius 3 is 2.37 bits per heavy atom. The third-order valence-corrected chi connectivity index (χ3v) is 2.47. The normalized spacial score (nSPS) is 9.53. The van der Waals surface area contributed by atoms with Gasteiger partial charge in [-0.3, -0.25) is 0 Å². The maximum atomic E-state index is 11.8. The fourth-order valence-corrected chi connectivity index (χ4v) is 1.48. The Balaban J connectivity index is 2.38. The maximum Gasteiger partial charge on any atom is 0.320 e. The number of ether oxygens (including phenoxy) is 1. The molecule has 102 valence electrons. The predicted molar refractivity (Wildman–Crippen MR) is 77.2 cm³/mol. The van der Waals surface area contributed by atoms with Gasteiger partial charge in [0.2, 0.25) is 0 Å². The van der Waals surface area contributed by atoms with E-state index >= 15 is 0 Å². The molecular weight excluding hydrogens is 240 g/mol. The number of nitrogens with zero attached hydrogens (tertiary/aromatic N) is 1. The average Bonchev–Trinajstić information content (AvgIpc) is 2.40. The van der Waals surface area contributed by atoms with E-state index in [2.05, 4.69) is 18.5 Å². The van der Waals surface area contributed by atoms with Gasteiger partial charge in [-0.1, -0.05) is 29.8 Å². The summed E-state index contributed by atoms with van der Waals surface area (Å²) in [7, 11) is 0. The molecule has 4 nitrogen and oxygen atoms in total. The van der Waals surface area contributed by atoms with Crippen molar-refractivity contribution in [3.8, 4) is 5.75 Å². The molecule has 0 spiro atoms. The van der Waals surface area contributed by atoms with Crippen LogP contribution in [-0.2, 0) is 0 Å². The van der Waals surface area contributed by atoms with Crippen molar-refractivity contribution in [3.05, 3.63) is 55.1 Å². The van der Waals surface area contributed by atoms with Crippen LogP contribution in [0.15, 0.2) is 49.6 Å². The Morgan fingerprint density at radius 2 is 1.84 bits per heavy atom. The molecule has 1 aromatic rings. The highest BCUT2D eigenvalue weighted by Gasteiger charge is 2.09. The molecule has 0 radical (unpaired) electrons. The quantitative estimate of drug-likeness (QED) is 0.605. The van der Waals surface area contributed by atoms with Crippen LogP contribution in [0, 0.1) is 6.92 Å². The zero-order chi connectivity index (χ0) is 14.1. The number of nitrogens with one attached hydrogen (secondary N) is 1. The second kappa shape index (κ2) is 7.97. The van der Waals surface area contributed by atoms with E-state index in [-0.39, 0.29) is 12.8 Å². The van der Waals surface area contributed by atoms with Crippen molar-refractivity contribution in [1.29, 1.82) is 0 Å². The van der Waals surface area contributed by atoms with Gasteiger partial charge in [0, 0.05) is 13.1 Å². The number of rotatable bonds is 7. The molecule has 4 heteroatoms. The first-order valence-electron chi connectivity index (χ1n) is 6.11. The Kier molecular flexibility index (Phi) is 6.22. The van der Waals surface area contributed by atoms with E-state index in [1.54, 1.807) is 17.1 Å². The molecule has 0 atom stereocenters. The number of hydrogen-bond donors (Lipinski definition) is 1. The van der Waals surface area contributed by atoms with Crippen molar-refractivity contribution in [1.82, 2.24) is 10.2 Å². The molecule has 0 bridgehead atoms. The molecule has 2 amide bonds. The van der Waals surface area contributed by atoms with E-state index in [1.807, 2.05) is 31.2 Å². The third-order valence-electron chi connectivity index (χ3n) is 2.47. The summed E-state index contributed by atoms with van der Waals surface area (Å²) in [6.07, 6.45) is 3.34. The van der Waals surface area contributed by atoms with Crippen molar-refractivity contribution >= 4 is 6.03 Å². The lowest BCUT2D eigenvalue weighted by Crippen LogP contribution is -2.41. The lowest BCUT2D eigenvalue weighted by molar-refractivity contribution is 0.193. The van der Waals surface area contributed by atoms with Crippen molar-refractivity contribution in [2.24, 2.45) is 0 Å². The predicted octanol–water partition coefficient (Wildman–Crippen LogP) is 2.71. The molecule has 0 heterocycles. The Bertz CT molecular complexity index is 416. The van der Waals surface area contributed by atoms with Crippen molar-refractivity contribution in [2.45, 2.75) is 6.92 Å². The van der Waals surface area contributed by atoms with Crippen LogP contribution in [-0.4, -0.2) is 30.8 Å². The minimum atomic E-state index is -0.202. The molecule has 0 aromatic heterocycles. The van der Waals surface area contributed by atoms with E-state index < -0.39 is 0 Å². The second-order valence-electron chi connectivity index (χ2n) is 4.07. The first-order valence-corrected chi connectivity index (χ1v) is 6.11. The Morgan fingerprint density at radius 1 is 1.26 bits per heavy atom. The lowest BCUT2D eigenvalue weighted by Gasteiger charge is -2.19. The van der Waals surface area contributed by atoms with Gasteiger partial charge in [-0.15, -0.1) is 13.2 Å². The van der Waals surface area contributed by atoms with Gasteiger partial charge in [0.15, 0.2) is 6.73 Å². The highest BCUT2D eigenvalue weighted by atomic mass is 16.5. The summed E-state index contributed by atoms with van der Waals surface area (Å²) < 4.78 is 5.43. The van der Waals surface area contributed by atoms with Gasteiger partial charge in [-0.05, 0) is 19.1 Å². The summed E-state index contributed by atoms with van der Waals surface area (Å²) in [5.74, 6) is 0.727. The topological polar surface area (TPSA) is 41.6 Å². The van der Waals surface area contributed by atoms with Gasteiger partial charge in [-0.25, -0.2) is 4.79 Å². The van der Waals surface area contributed by atoms with Crippen LogP contribution < -0.4 is 10.1 Å². The van der Waals surface area contributed by atoms with Gasteiger partial charge in [-0.2, -0.15) is 0 Å². The zero-order valence-corrected chi connectivity index (χ0v) is 11.3. The summed E-state index contributed by atoms with van der Waals surface area (Å²) >= 11 is 0. The molecule has 1 N–H and O–H groups in total. The highest BCUT2D eigenvalue weighted by Crippen LogP contribution is 2.10. The first kappa shape index (κ1) is 14.8. The van der Waals surface area contributed by atoms with E-state index in [0.717, 1.165) is 5.75 Å². The van der Waals surface area contributed by atoms with Crippen molar-refractivity contribution in [3.63, 3.8) is 0 Å². The average molecular weight is 260 g/mol. The number of benzene rings is 1. The van der Waals surface area contributed by atoms with Gasteiger partial charge >= 0.3 is 6.03 Å². The minimum absolute atomic E-state index is 0.132. The molecular formula is C15H20N2O2. The molecule has 0 fully saturated rings. The number of carbonyl (C=O) groups excluding carboxylic acids is 1. The Hall–Kier alpha value is -2.23. The number of hydrogen-bond acceptors (Lipinski definition) is 2. The van der Waals surface area contributed by atoms with Crippen LogP contribution in [0.2, 0.25) is 0 Å². The van der Waals surface area contributed by atoms with Crippen LogP contribution in [0.4, 0.5) is 4.79 Å². The number of urea groups is 1. The molecule has 19 heavy (non-hydrogen) atoms. The van der Waals surface area contributed by atoms with E-state index in [0.29, 0.717) is 13.1 Å². The fourth-order valence-electron chi connectivity index (χ4n) is 1.48. The molecule has 1 rings (SSSR count). The molecule has 0 saturated carbocycles. The number of carbonyl (C=O) groups is 1. The van der Waals surface area contributed by atoms with Crippen LogP contribution in [0.1, 0.15) is 5.56 Å². The van der Waals surface area contributed by atoms with Crippen molar-refractivity contribution in [2.75, 3.05) is 19.8 Å². The van der Waals surface area contributed by atoms with Crippen LogP contribution in [0.25, 0.3) is 0 Å². The highest BCUT2D eigenvalue weighted by molar-refractivity contribution is 5.74. The molecule has 0 aliphatic heterocycles. The molecule has 1 aromatic carbocycles. The van der Waals surface area contributed by atoms with Crippen LogP contribution >= 0.6 is 0 Å². The van der Waals surface area contributed by atoms with Crippen LogP contribution in [0.5, 0.6) is 5.75 Å². The van der Waals surface area contributed by atoms with Crippen LogP contribution in [0.3, 0.4) is 0 Å². The summed E-state index contributed by atoms with van der Waals surface area (Å²) in [6, 6.07) is 7.45. The van der Waals surface area contributed by atoms with E-state index in [4.69, 9.17) is 4.74 Å². The summed E-state index contributed by atoms with van der Waals surface area (Å²) in [4.78, 5) is 13.4. The minimum Gasteiger partial charge on any atom is -0.473 e. The first-order chi connectivity index (χ1) is 9.17. The van der Waals surface area contributed by atoms with Gasteiger partial charge in [0.1, 0.15) is 5.75 Å². The van der Waals surface area contributed by atoms with E-state index in [1.165, 1.54) is 5.56 Å². The Labute approximate surface area is 114 Å². The monoisotopic (exact) mass is 260 g/mol. The van der Waals surface area contributed by atoms with Gasteiger partial charge < -0.3 is 15.0 Å². The summed E-state index contributed by atoms with van der Waals surface area (Å²) in [6.45, 7) is 10.3. The lowest BCUT2D eigenvalue weighted by atomic mass is 10.2.